The molecular formula is C17H22ClN3O2. The predicted octanol–water partition coefficient (Wildman–Crippen LogP) is 2.00. The SMILES string of the molecule is CCOc1cc(N)c(Cl)cc1C(=O)NC1C2CC3CN(C2)CC31. The lowest BCUT2D eigenvalue weighted by Gasteiger charge is -2.35. The molecule has 5 rings (SSSR count). The summed E-state index contributed by atoms with van der Waals surface area (Å²) in [5.74, 6) is 2.32. The van der Waals surface area contributed by atoms with E-state index < -0.39 is 0 Å². The second-order valence-corrected chi connectivity index (χ2v) is 7.35. The molecule has 3 aliphatic heterocycles. The van der Waals surface area contributed by atoms with Gasteiger partial charge in [-0.3, -0.25) is 4.79 Å². The molecule has 0 aromatic heterocycles. The summed E-state index contributed by atoms with van der Waals surface area (Å²) in [6.45, 7) is 5.79. The fourth-order valence-electron chi connectivity index (χ4n) is 4.67. The van der Waals surface area contributed by atoms with Crippen LogP contribution >= 0.6 is 11.6 Å². The summed E-state index contributed by atoms with van der Waals surface area (Å²) in [6.07, 6.45) is 1.24. The summed E-state index contributed by atoms with van der Waals surface area (Å²) in [5, 5.41) is 3.64. The van der Waals surface area contributed by atoms with Gasteiger partial charge < -0.3 is 20.7 Å². The van der Waals surface area contributed by atoms with Crippen LogP contribution in [0.1, 0.15) is 23.7 Å². The van der Waals surface area contributed by atoms with Gasteiger partial charge >= 0.3 is 0 Å². The third-order valence-corrected chi connectivity index (χ3v) is 5.90. The Balaban J connectivity index is 1.56. The van der Waals surface area contributed by atoms with Crippen LogP contribution in [0, 0.1) is 17.8 Å². The van der Waals surface area contributed by atoms with E-state index in [2.05, 4.69) is 10.2 Å². The van der Waals surface area contributed by atoms with Crippen molar-refractivity contribution in [3.05, 3.63) is 22.7 Å². The summed E-state index contributed by atoms with van der Waals surface area (Å²) >= 11 is 6.11. The Morgan fingerprint density at radius 3 is 2.91 bits per heavy atom. The Hall–Kier alpha value is -1.46. The number of halogens is 1. The molecule has 1 aromatic rings. The largest absolute Gasteiger partial charge is 0.493 e. The van der Waals surface area contributed by atoms with Crippen LogP contribution in [0.15, 0.2) is 12.1 Å². The van der Waals surface area contributed by atoms with Crippen LogP contribution in [0.2, 0.25) is 5.02 Å². The van der Waals surface area contributed by atoms with Gasteiger partial charge in [-0.05, 0) is 37.2 Å². The second kappa shape index (κ2) is 5.56. The number of nitrogens with zero attached hydrogens (tertiary/aromatic N) is 1. The van der Waals surface area contributed by atoms with E-state index in [0.29, 0.717) is 40.5 Å². The minimum absolute atomic E-state index is 0.105. The van der Waals surface area contributed by atoms with Gasteiger partial charge in [0.25, 0.3) is 5.91 Å². The third-order valence-electron chi connectivity index (χ3n) is 5.58. The van der Waals surface area contributed by atoms with E-state index in [-0.39, 0.29) is 11.9 Å². The molecular weight excluding hydrogens is 314 g/mol. The quantitative estimate of drug-likeness (QED) is 0.826. The van der Waals surface area contributed by atoms with Gasteiger partial charge in [0.15, 0.2) is 0 Å². The van der Waals surface area contributed by atoms with E-state index in [0.717, 1.165) is 19.0 Å². The highest BCUT2D eigenvalue weighted by molar-refractivity contribution is 6.33. The lowest BCUT2D eigenvalue weighted by Crippen LogP contribution is -2.50. The van der Waals surface area contributed by atoms with Crippen molar-refractivity contribution in [3.63, 3.8) is 0 Å². The summed E-state index contributed by atoms with van der Waals surface area (Å²) in [7, 11) is 0. The van der Waals surface area contributed by atoms with Crippen molar-refractivity contribution in [1.29, 1.82) is 0 Å². The average molecular weight is 336 g/mol. The summed E-state index contributed by atoms with van der Waals surface area (Å²) < 4.78 is 5.57. The molecule has 5 unspecified atom stereocenters. The van der Waals surface area contributed by atoms with Gasteiger partial charge in [0, 0.05) is 31.7 Å². The number of nitrogen functional groups attached to an aromatic ring is 1. The number of rotatable bonds is 4. The molecule has 0 radical (unpaired) electrons. The molecule has 5 atom stereocenters. The highest BCUT2D eigenvalue weighted by Crippen LogP contribution is 2.47. The number of amides is 1. The van der Waals surface area contributed by atoms with Crippen LogP contribution in [0.3, 0.4) is 0 Å². The number of hydrogen-bond donors (Lipinski definition) is 2. The zero-order chi connectivity index (χ0) is 16.1. The van der Waals surface area contributed by atoms with Crippen LogP contribution in [-0.2, 0) is 0 Å². The van der Waals surface area contributed by atoms with Crippen molar-refractivity contribution in [2.75, 3.05) is 32.0 Å². The first-order chi connectivity index (χ1) is 11.1. The van der Waals surface area contributed by atoms with Crippen molar-refractivity contribution < 1.29 is 9.53 Å². The first-order valence-corrected chi connectivity index (χ1v) is 8.69. The number of benzene rings is 1. The zero-order valence-corrected chi connectivity index (χ0v) is 14.0. The van der Waals surface area contributed by atoms with Crippen molar-refractivity contribution in [2.24, 2.45) is 17.8 Å². The Bertz CT molecular complexity index is 647. The minimum atomic E-state index is -0.105. The molecule has 4 fully saturated rings. The van der Waals surface area contributed by atoms with Gasteiger partial charge in [-0.1, -0.05) is 11.6 Å². The predicted molar refractivity (Wildman–Crippen MR) is 89.8 cm³/mol. The number of carbonyl (C=O) groups is 1. The molecule has 4 bridgehead atoms. The lowest BCUT2D eigenvalue weighted by atomic mass is 9.93. The molecule has 124 valence electrons. The fourth-order valence-corrected chi connectivity index (χ4v) is 4.84. The van der Waals surface area contributed by atoms with Crippen LogP contribution < -0.4 is 15.8 Å². The summed E-state index contributed by atoms with van der Waals surface area (Å²) in [6, 6.07) is 3.53. The van der Waals surface area contributed by atoms with E-state index in [1.54, 1.807) is 12.1 Å². The highest BCUT2D eigenvalue weighted by Gasteiger charge is 2.53. The summed E-state index contributed by atoms with van der Waals surface area (Å²) in [4.78, 5) is 15.3. The first kappa shape index (κ1) is 15.1. The van der Waals surface area contributed by atoms with E-state index >= 15 is 0 Å². The maximum atomic E-state index is 12.8. The molecule has 0 spiro atoms. The van der Waals surface area contributed by atoms with E-state index in [4.69, 9.17) is 22.1 Å². The monoisotopic (exact) mass is 335 g/mol. The van der Waals surface area contributed by atoms with Crippen molar-refractivity contribution in [3.8, 4) is 5.75 Å². The maximum absolute atomic E-state index is 12.8. The molecule has 4 aliphatic rings. The van der Waals surface area contributed by atoms with Gasteiger partial charge in [-0.15, -0.1) is 0 Å². The molecule has 1 amide bonds. The topological polar surface area (TPSA) is 67.6 Å². The lowest BCUT2D eigenvalue weighted by molar-refractivity contribution is 0.0874. The molecule has 6 heteroatoms. The van der Waals surface area contributed by atoms with E-state index in [9.17, 15) is 4.79 Å². The van der Waals surface area contributed by atoms with Crippen molar-refractivity contribution in [2.45, 2.75) is 19.4 Å². The molecule has 5 nitrogen and oxygen atoms in total. The van der Waals surface area contributed by atoms with Gasteiger partial charge in [-0.2, -0.15) is 0 Å². The molecule has 1 aromatic carbocycles. The smallest absolute Gasteiger partial charge is 0.255 e. The van der Waals surface area contributed by atoms with Crippen LogP contribution in [0.25, 0.3) is 0 Å². The minimum Gasteiger partial charge on any atom is -0.493 e. The van der Waals surface area contributed by atoms with Gasteiger partial charge in [0.1, 0.15) is 5.75 Å². The Labute approximate surface area is 141 Å². The van der Waals surface area contributed by atoms with Crippen LogP contribution in [0.4, 0.5) is 5.69 Å². The number of hydrogen-bond acceptors (Lipinski definition) is 4. The highest BCUT2D eigenvalue weighted by atomic mass is 35.5. The van der Waals surface area contributed by atoms with Crippen molar-refractivity contribution in [1.82, 2.24) is 10.2 Å². The maximum Gasteiger partial charge on any atom is 0.255 e. The molecule has 23 heavy (non-hydrogen) atoms. The second-order valence-electron chi connectivity index (χ2n) is 6.94. The van der Waals surface area contributed by atoms with Crippen LogP contribution in [-0.4, -0.2) is 43.1 Å². The number of carbonyl (C=O) groups excluding carboxylic acids is 1. The van der Waals surface area contributed by atoms with Gasteiger partial charge in [0.05, 0.1) is 22.9 Å². The van der Waals surface area contributed by atoms with Crippen LogP contribution in [0.5, 0.6) is 5.75 Å². The fraction of sp³-hybridized carbons (Fsp3) is 0.588. The Morgan fingerprint density at radius 1 is 1.39 bits per heavy atom. The number of nitrogens with two attached hydrogens (primary N) is 1. The number of anilines is 1. The molecule has 1 saturated carbocycles. The number of nitrogens with one attached hydrogen (secondary N) is 1. The number of ether oxygens (including phenoxy) is 1. The Kier molecular flexibility index (Phi) is 3.65. The number of piperidine rings is 2. The standard InChI is InChI=1S/C17H22ClN3O2/c1-2-23-15-5-14(19)13(18)4-11(15)17(22)20-16-10-3-9-6-21(7-10)8-12(9)16/h4-5,9-10,12,16H,2-3,6-8,19H2,1H3,(H,20,22). The van der Waals surface area contributed by atoms with E-state index in [1.807, 2.05) is 6.92 Å². The Morgan fingerprint density at radius 2 is 2.17 bits per heavy atom. The zero-order valence-electron chi connectivity index (χ0n) is 13.2. The third kappa shape index (κ3) is 2.46. The van der Waals surface area contributed by atoms with Gasteiger partial charge in [-0.25, -0.2) is 0 Å². The van der Waals surface area contributed by atoms with Gasteiger partial charge in [0.2, 0.25) is 0 Å². The summed E-state index contributed by atoms with van der Waals surface area (Å²) in [5.41, 5.74) is 6.74. The average Bonchev–Trinajstić information content (AvgIpc) is 2.92. The first-order valence-electron chi connectivity index (χ1n) is 8.31. The molecule has 3 heterocycles. The molecule has 3 N–H and O–H groups in total. The van der Waals surface area contributed by atoms with E-state index in [1.165, 1.54) is 13.0 Å². The normalized spacial score (nSPS) is 33.9. The van der Waals surface area contributed by atoms with Crippen molar-refractivity contribution >= 4 is 23.2 Å². The molecule has 3 saturated heterocycles. The molecule has 1 aliphatic carbocycles.